The van der Waals surface area contributed by atoms with Crippen molar-refractivity contribution in [2.24, 2.45) is 5.84 Å². The molecule has 1 aromatic heterocycles. The topological polar surface area (TPSA) is 87.3 Å². The van der Waals surface area contributed by atoms with Gasteiger partial charge in [0.25, 0.3) is 0 Å². The maximum atomic E-state index is 9.23. The lowest BCUT2D eigenvalue weighted by atomic mass is 10.1. The highest BCUT2D eigenvalue weighted by Crippen LogP contribution is 2.19. The van der Waals surface area contributed by atoms with Crippen LogP contribution in [0.2, 0.25) is 0 Å². The molecule has 0 saturated heterocycles. The van der Waals surface area contributed by atoms with Gasteiger partial charge >= 0.3 is 0 Å². The highest BCUT2D eigenvalue weighted by atomic mass is 16.3. The summed E-state index contributed by atoms with van der Waals surface area (Å²) in [5.41, 5.74) is 2.01. The Morgan fingerprint density at radius 3 is 2.80 bits per heavy atom. The number of rotatable bonds is 4. The number of aliphatic hydroxyl groups excluding tert-OH is 1. The van der Waals surface area contributed by atoms with Crippen molar-refractivity contribution >= 4 is 11.8 Å². The van der Waals surface area contributed by atoms with E-state index in [1.807, 2.05) is 25.8 Å². The number of nitrogens with zero attached hydrogens (tertiary/aromatic N) is 3. The lowest BCUT2D eigenvalue weighted by Gasteiger charge is -2.34. The second kappa shape index (κ2) is 4.41. The van der Waals surface area contributed by atoms with Crippen molar-refractivity contribution in [3.63, 3.8) is 0 Å². The van der Waals surface area contributed by atoms with Crippen LogP contribution in [0.3, 0.4) is 0 Å². The smallest absolute Gasteiger partial charge is 0.239 e. The van der Waals surface area contributed by atoms with Gasteiger partial charge in [-0.05, 0) is 19.9 Å². The Labute approximate surface area is 89.1 Å². The van der Waals surface area contributed by atoms with Crippen LogP contribution in [0, 0.1) is 0 Å². The minimum absolute atomic E-state index is 0.0406. The van der Waals surface area contributed by atoms with Gasteiger partial charge in [-0.2, -0.15) is 4.98 Å². The first-order valence-electron chi connectivity index (χ1n) is 4.65. The molecule has 0 amide bonds. The number of hydrazine groups is 1. The normalized spacial score (nSPS) is 11.3. The SMILES string of the molecule is CN(c1ccnc(NN)n1)C(C)(C)CO. The van der Waals surface area contributed by atoms with Gasteiger partial charge < -0.3 is 10.0 Å². The van der Waals surface area contributed by atoms with Crippen molar-refractivity contribution in [1.82, 2.24) is 9.97 Å². The van der Waals surface area contributed by atoms with Crippen LogP contribution in [0.15, 0.2) is 12.3 Å². The molecule has 0 aliphatic carbocycles. The summed E-state index contributed by atoms with van der Waals surface area (Å²) < 4.78 is 0. The van der Waals surface area contributed by atoms with E-state index in [4.69, 9.17) is 5.84 Å². The van der Waals surface area contributed by atoms with E-state index in [-0.39, 0.29) is 12.1 Å². The number of nitrogen functional groups attached to an aromatic ring is 1. The van der Waals surface area contributed by atoms with Crippen molar-refractivity contribution < 1.29 is 5.11 Å². The Balaban J connectivity index is 2.95. The van der Waals surface area contributed by atoms with Crippen LogP contribution in [0.25, 0.3) is 0 Å². The van der Waals surface area contributed by atoms with Gasteiger partial charge in [-0.3, -0.25) is 5.43 Å². The Morgan fingerprint density at radius 2 is 2.27 bits per heavy atom. The van der Waals surface area contributed by atoms with Gasteiger partial charge in [-0.1, -0.05) is 0 Å². The molecule has 0 atom stereocenters. The first-order chi connectivity index (χ1) is 7.01. The van der Waals surface area contributed by atoms with E-state index in [9.17, 15) is 5.11 Å². The summed E-state index contributed by atoms with van der Waals surface area (Å²) >= 11 is 0. The summed E-state index contributed by atoms with van der Waals surface area (Å²) in [5, 5.41) is 9.23. The summed E-state index contributed by atoms with van der Waals surface area (Å²) in [5.74, 6) is 6.28. The fourth-order valence-corrected chi connectivity index (χ4v) is 1.02. The molecule has 0 bridgehead atoms. The first kappa shape index (κ1) is 11.7. The van der Waals surface area contributed by atoms with Gasteiger partial charge in [-0.25, -0.2) is 10.8 Å². The maximum absolute atomic E-state index is 9.23. The lowest BCUT2D eigenvalue weighted by molar-refractivity contribution is 0.215. The van der Waals surface area contributed by atoms with Crippen molar-refractivity contribution in [3.8, 4) is 0 Å². The molecule has 0 aliphatic rings. The van der Waals surface area contributed by atoms with Crippen molar-refractivity contribution in [3.05, 3.63) is 12.3 Å². The van der Waals surface area contributed by atoms with E-state index in [1.165, 1.54) is 0 Å². The number of anilines is 2. The Kier molecular flexibility index (Phi) is 3.43. The monoisotopic (exact) mass is 211 g/mol. The molecule has 15 heavy (non-hydrogen) atoms. The van der Waals surface area contributed by atoms with Crippen LogP contribution >= 0.6 is 0 Å². The number of hydrogen-bond acceptors (Lipinski definition) is 6. The number of nitrogens with two attached hydrogens (primary N) is 1. The molecule has 0 saturated carbocycles. The minimum Gasteiger partial charge on any atom is -0.394 e. The van der Waals surface area contributed by atoms with Crippen LogP contribution in [-0.4, -0.2) is 34.3 Å². The molecule has 0 unspecified atom stereocenters. The zero-order valence-corrected chi connectivity index (χ0v) is 9.23. The Morgan fingerprint density at radius 1 is 1.60 bits per heavy atom. The second-order valence-corrected chi connectivity index (χ2v) is 3.91. The molecule has 0 spiro atoms. The average Bonchev–Trinajstić information content (AvgIpc) is 2.28. The molecule has 4 N–H and O–H groups in total. The van der Waals surface area contributed by atoms with E-state index in [2.05, 4.69) is 15.4 Å². The summed E-state index contributed by atoms with van der Waals surface area (Å²) in [7, 11) is 1.86. The molecule has 0 radical (unpaired) electrons. The molecule has 6 nitrogen and oxygen atoms in total. The molecule has 0 fully saturated rings. The van der Waals surface area contributed by atoms with Crippen LogP contribution in [-0.2, 0) is 0 Å². The fraction of sp³-hybridized carbons (Fsp3) is 0.556. The predicted molar refractivity (Wildman–Crippen MR) is 59.4 cm³/mol. The average molecular weight is 211 g/mol. The largest absolute Gasteiger partial charge is 0.394 e. The Hall–Kier alpha value is -1.40. The van der Waals surface area contributed by atoms with Crippen LogP contribution in [0.1, 0.15) is 13.8 Å². The van der Waals surface area contributed by atoms with Crippen molar-refractivity contribution in [2.75, 3.05) is 24.0 Å². The third-order valence-electron chi connectivity index (χ3n) is 2.41. The lowest BCUT2D eigenvalue weighted by Crippen LogP contribution is -2.44. The van der Waals surface area contributed by atoms with Gasteiger partial charge in [0.1, 0.15) is 5.82 Å². The summed E-state index contributed by atoms with van der Waals surface area (Å²) in [6.07, 6.45) is 1.61. The number of hydrogen-bond donors (Lipinski definition) is 3. The second-order valence-electron chi connectivity index (χ2n) is 3.91. The van der Waals surface area contributed by atoms with Gasteiger partial charge in [0.2, 0.25) is 5.95 Å². The molecular weight excluding hydrogens is 194 g/mol. The quantitative estimate of drug-likeness (QED) is 0.479. The van der Waals surface area contributed by atoms with Gasteiger partial charge in [-0.15, -0.1) is 0 Å². The Bertz CT molecular complexity index is 328. The van der Waals surface area contributed by atoms with Gasteiger partial charge in [0.15, 0.2) is 0 Å². The highest BCUT2D eigenvalue weighted by Gasteiger charge is 2.23. The molecule has 0 aliphatic heterocycles. The summed E-state index contributed by atoms with van der Waals surface area (Å²) in [6.45, 7) is 3.88. The van der Waals surface area contributed by atoms with E-state index >= 15 is 0 Å². The maximum Gasteiger partial charge on any atom is 0.239 e. The zero-order chi connectivity index (χ0) is 11.5. The fourth-order valence-electron chi connectivity index (χ4n) is 1.02. The van der Waals surface area contributed by atoms with Crippen LogP contribution in [0.4, 0.5) is 11.8 Å². The van der Waals surface area contributed by atoms with Gasteiger partial charge in [0, 0.05) is 13.2 Å². The van der Waals surface area contributed by atoms with Crippen molar-refractivity contribution in [2.45, 2.75) is 19.4 Å². The van der Waals surface area contributed by atoms with E-state index in [0.717, 1.165) is 0 Å². The third kappa shape index (κ3) is 2.54. The molecule has 1 heterocycles. The minimum atomic E-state index is -0.375. The van der Waals surface area contributed by atoms with Crippen molar-refractivity contribution in [1.29, 1.82) is 0 Å². The van der Waals surface area contributed by atoms with E-state index < -0.39 is 0 Å². The highest BCUT2D eigenvalue weighted by molar-refractivity contribution is 5.43. The summed E-state index contributed by atoms with van der Waals surface area (Å²) in [4.78, 5) is 9.96. The van der Waals surface area contributed by atoms with Gasteiger partial charge in [0.05, 0.1) is 12.1 Å². The zero-order valence-electron chi connectivity index (χ0n) is 9.23. The first-order valence-corrected chi connectivity index (χ1v) is 4.65. The number of likely N-dealkylation sites (N-methyl/N-ethyl adjacent to an activating group) is 1. The molecule has 6 heteroatoms. The molecule has 1 aromatic rings. The van der Waals surface area contributed by atoms with E-state index in [1.54, 1.807) is 12.3 Å². The predicted octanol–water partition coefficient (Wildman–Crippen LogP) is -0.0307. The van der Waals surface area contributed by atoms with Crippen LogP contribution < -0.4 is 16.2 Å². The standard InChI is InChI=1S/C9H17N5O/c1-9(2,6-15)14(3)7-4-5-11-8(12-7)13-10/h4-5,15H,6,10H2,1-3H3,(H,11,12,13). The molecular formula is C9H17N5O. The number of aliphatic hydroxyl groups is 1. The van der Waals surface area contributed by atoms with E-state index in [0.29, 0.717) is 11.8 Å². The molecule has 1 rings (SSSR count). The molecule has 0 aromatic carbocycles. The summed E-state index contributed by atoms with van der Waals surface area (Å²) in [6, 6.07) is 1.76. The molecule has 84 valence electrons. The third-order valence-corrected chi connectivity index (χ3v) is 2.41. The number of aromatic nitrogens is 2. The number of nitrogens with one attached hydrogen (secondary N) is 1. The van der Waals surface area contributed by atoms with Crippen LogP contribution in [0.5, 0.6) is 0 Å².